The van der Waals surface area contributed by atoms with Gasteiger partial charge in [-0.05, 0) is 42.5 Å². The normalized spacial score (nSPS) is 13.6. The summed E-state index contributed by atoms with van der Waals surface area (Å²) in [6.07, 6.45) is 0. The summed E-state index contributed by atoms with van der Waals surface area (Å²) in [5, 5.41) is 7.35. The van der Waals surface area contributed by atoms with Gasteiger partial charge in [0.05, 0.1) is 0 Å². The molecule has 1 aliphatic rings. The number of hydrogen-bond donors (Lipinski definition) is 1. The molecule has 1 N–H and O–H groups in total. The highest BCUT2D eigenvalue weighted by Crippen LogP contribution is 2.19. The number of para-hydroxylation sites is 2. The fourth-order valence-corrected chi connectivity index (χ4v) is 4.00. The minimum absolute atomic E-state index is 0.148. The van der Waals surface area contributed by atoms with Gasteiger partial charge in [-0.25, -0.2) is 4.68 Å². The monoisotopic (exact) mass is 455 g/mol. The second-order valence-electron chi connectivity index (χ2n) is 8.08. The number of amides is 1. The van der Waals surface area contributed by atoms with Crippen LogP contribution in [-0.2, 0) is 6.54 Å². The molecule has 2 aromatic carbocycles. The first-order valence-corrected chi connectivity index (χ1v) is 11.2. The zero-order valence-corrected chi connectivity index (χ0v) is 18.6. The summed E-state index contributed by atoms with van der Waals surface area (Å²) in [5.74, 6) is 1.07. The van der Waals surface area contributed by atoms with Gasteiger partial charge in [0.15, 0.2) is 5.76 Å². The molecular weight excluding hydrogens is 430 g/mol. The molecule has 172 valence electrons. The van der Waals surface area contributed by atoms with Gasteiger partial charge < -0.3 is 19.5 Å². The van der Waals surface area contributed by atoms with Gasteiger partial charge in [-0.2, -0.15) is 5.10 Å². The molecule has 3 heterocycles. The number of carbonyl (C=O) groups is 1. The minimum Gasteiger partial charge on any atom is -0.454 e. The summed E-state index contributed by atoms with van der Waals surface area (Å²) in [7, 11) is 0. The molecule has 1 saturated heterocycles. The fourth-order valence-electron chi connectivity index (χ4n) is 4.00. The number of rotatable bonds is 6. The maximum atomic E-state index is 12.4. The summed E-state index contributed by atoms with van der Waals surface area (Å²) >= 11 is 0. The van der Waals surface area contributed by atoms with Gasteiger partial charge in [-0.1, -0.05) is 36.4 Å². The third-order valence-corrected chi connectivity index (χ3v) is 5.80. The lowest BCUT2D eigenvalue weighted by molar-refractivity contribution is 0.0994. The second-order valence-corrected chi connectivity index (χ2v) is 8.08. The highest BCUT2D eigenvalue weighted by atomic mass is 16.4. The van der Waals surface area contributed by atoms with Crippen LogP contribution in [-0.4, -0.2) is 41.9 Å². The number of anilines is 3. The van der Waals surface area contributed by atoms with Gasteiger partial charge in [-0.15, -0.1) is 0 Å². The smallest absolute Gasteiger partial charge is 0.291 e. The fraction of sp³-hybridized carbons (Fsp3) is 0.192. The van der Waals surface area contributed by atoms with Crippen LogP contribution in [0.25, 0.3) is 0 Å². The van der Waals surface area contributed by atoms with Gasteiger partial charge in [0.2, 0.25) is 0 Å². The zero-order valence-electron chi connectivity index (χ0n) is 18.6. The number of carbonyl (C=O) groups excluding carboxylic acids is 1. The van der Waals surface area contributed by atoms with Crippen LogP contribution in [0.4, 0.5) is 17.2 Å². The van der Waals surface area contributed by atoms with Gasteiger partial charge in [-0.3, -0.25) is 9.59 Å². The van der Waals surface area contributed by atoms with Crippen molar-refractivity contribution < 1.29 is 9.21 Å². The highest BCUT2D eigenvalue weighted by molar-refractivity contribution is 6.02. The Kier molecular flexibility index (Phi) is 6.11. The summed E-state index contributed by atoms with van der Waals surface area (Å²) in [6, 6.07) is 26.1. The highest BCUT2D eigenvalue weighted by Gasteiger charge is 2.19. The van der Waals surface area contributed by atoms with E-state index in [2.05, 4.69) is 32.3 Å². The van der Waals surface area contributed by atoms with E-state index in [9.17, 15) is 9.59 Å². The average molecular weight is 456 g/mol. The molecule has 1 fully saturated rings. The molecular formula is C26H25N5O3. The summed E-state index contributed by atoms with van der Waals surface area (Å²) < 4.78 is 7.06. The molecule has 8 heteroatoms. The van der Waals surface area contributed by atoms with Crippen LogP contribution in [0.1, 0.15) is 16.3 Å². The van der Waals surface area contributed by atoms with Crippen molar-refractivity contribution in [2.24, 2.45) is 0 Å². The molecule has 0 aliphatic carbocycles. The van der Waals surface area contributed by atoms with Crippen LogP contribution in [0.15, 0.2) is 94.1 Å². The molecule has 1 aliphatic heterocycles. The lowest BCUT2D eigenvalue weighted by atomic mass is 10.2. The van der Waals surface area contributed by atoms with E-state index in [1.54, 1.807) is 30.3 Å². The summed E-state index contributed by atoms with van der Waals surface area (Å²) in [5.41, 5.74) is 1.67. The van der Waals surface area contributed by atoms with Crippen LogP contribution in [0, 0.1) is 0 Å². The van der Waals surface area contributed by atoms with Crippen molar-refractivity contribution >= 4 is 23.1 Å². The topological polar surface area (TPSA) is 83.6 Å². The molecule has 0 saturated carbocycles. The average Bonchev–Trinajstić information content (AvgIpc) is 3.35. The van der Waals surface area contributed by atoms with E-state index in [1.807, 2.05) is 36.4 Å². The van der Waals surface area contributed by atoms with Gasteiger partial charge in [0.25, 0.3) is 11.5 Å². The number of hydrogen-bond acceptors (Lipinski definition) is 6. The Morgan fingerprint density at radius 2 is 1.50 bits per heavy atom. The number of piperazine rings is 1. The lowest BCUT2D eigenvalue weighted by Gasteiger charge is -2.36. The Labute approximate surface area is 197 Å². The molecule has 0 spiro atoms. The van der Waals surface area contributed by atoms with E-state index in [0.717, 1.165) is 32.0 Å². The molecule has 0 bridgehead atoms. The molecule has 4 aromatic rings. The van der Waals surface area contributed by atoms with Crippen molar-refractivity contribution in [3.05, 3.63) is 107 Å². The Bertz CT molecular complexity index is 1310. The largest absolute Gasteiger partial charge is 0.454 e. The first-order chi connectivity index (χ1) is 16.7. The van der Waals surface area contributed by atoms with Crippen LogP contribution >= 0.6 is 0 Å². The van der Waals surface area contributed by atoms with Crippen molar-refractivity contribution in [2.75, 3.05) is 41.3 Å². The maximum absolute atomic E-state index is 12.4. The van der Waals surface area contributed by atoms with E-state index in [4.69, 9.17) is 4.42 Å². The zero-order chi connectivity index (χ0) is 23.3. The predicted octanol–water partition coefficient (Wildman–Crippen LogP) is 3.46. The molecule has 1 amide bonds. The van der Waals surface area contributed by atoms with Gasteiger partial charge in [0, 0.05) is 43.6 Å². The minimum atomic E-state index is -0.345. The molecule has 0 unspecified atom stereocenters. The Hall–Kier alpha value is -4.33. The van der Waals surface area contributed by atoms with Gasteiger partial charge >= 0.3 is 0 Å². The molecule has 34 heavy (non-hydrogen) atoms. The number of furan rings is 1. The Morgan fingerprint density at radius 3 is 2.24 bits per heavy atom. The number of benzene rings is 2. The number of aromatic nitrogens is 2. The van der Waals surface area contributed by atoms with Crippen molar-refractivity contribution in [3.63, 3.8) is 0 Å². The quantitative estimate of drug-likeness (QED) is 0.479. The van der Waals surface area contributed by atoms with E-state index >= 15 is 0 Å². The van der Waals surface area contributed by atoms with E-state index in [0.29, 0.717) is 11.4 Å². The molecule has 2 aromatic heterocycles. The number of nitrogens with zero attached hydrogens (tertiary/aromatic N) is 4. The van der Waals surface area contributed by atoms with E-state index in [-0.39, 0.29) is 23.8 Å². The van der Waals surface area contributed by atoms with E-state index in [1.165, 1.54) is 16.4 Å². The van der Waals surface area contributed by atoms with Crippen molar-refractivity contribution in [3.8, 4) is 0 Å². The second kappa shape index (κ2) is 9.66. The first-order valence-electron chi connectivity index (χ1n) is 11.2. The van der Waals surface area contributed by atoms with Crippen molar-refractivity contribution in [2.45, 2.75) is 6.54 Å². The van der Waals surface area contributed by atoms with Crippen LogP contribution < -0.4 is 20.7 Å². The number of nitrogens with one attached hydrogen (secondary N) is 1. The Morgan fingerprint density at radius 1 is 0.824 bits per heavy atom. The SMILES string of the molecule is O=C(Nc1ccccc1)c1ccc(Cn2nc(N3CCN(c4ccccc4)CC3)ccc2=O)o1. The Balaban J connectivity index is 1.24. The van der Waals surface area contributed by atoms with Crippen LogP contribution in [0.2, 0.25) is 0 Å². The van der Waals surface area contributed by atoms with Crippen LogP contribution in [0.3, 0.4) is 0 Å². The van der Waals surface area contributed by atoms with Crippen molar-refractivity contribution in [1.82, 2.24) is 9.78 Å². The third kappa shape index (κ3) is 4.85. The molecule has 8 nitrogen and oxygen atoms in total. The molecule has 5 rings (SSSR count). The summed E-state index contributed by atoms with van der Waals surface area (Å²) in [4.78, 5) is 29.4. The predicted molar refractivity (Wildman–Crippen MR) is 132 cm³/mol. The first kappa shape index (κ1) is 21.5. The summed E-state index contributed by atoms with van der Waals surface area (Å²) in [6.45, 7) is 3.52. The lowest BCUT2D eigenvalue weighted by Crippen LogP contribution is -2.47. The third-order valence-electron chi connectivity index (χ3n) is 5.80. The standard InChI is InChI=1S/C26H25N5O3/c32-25-14-13-24(30-17-15-29(16-18-30)21-9-5-2-6-10-21)28-31(25)19-22-11-12-23(34-22)26(33)27-20-7-3-1-4-8-20/h1-14H,15-19H2,(H,27,33). The van der Waals surface area contributed by atoms with E-state index < -0.39 is 0 Å². The maximum Gasteiger partial charge on any atom is 0.291 e. The van der Waals surface area contributed by atoms with Gasteiger partial charge in [0.1, 0.15) is 18.1 Å². The molecule has 0 atom stereocenters. The van der Waals surface area contributed by atoms with Crippen molar-refractivity contribution in [1.29, 1.82) is 0 Å². The van der Waals surface area contributed by atoms with Crippen LogP contribution in [0.5, 0.6) is 0 Å². The molecule has 0 radical (unpaired) electrons.